The van der Waals surface area contributed by atoms with Gasteiger partial charge in [0, 0.05) is 50.7 Å². The zero-order valence-electron chi connectivity index (χ0n) is 12.4. The van der Waals surface area contributed by atoms with Crippen LogP contribution in [-0.4, -0.2) is 51.2 Å². The van der Waals surface area contributed by atoms with E-state index in [1.165, 1.54) is 12.8 Å². The Morgan fingerprint density at radius 1 is 1.32 bits per heavy atom. The molecule has 0 bridgehead atoms. The molecule has 2 saturated heterocycles. The Balaban J connectivity index is 1.60. The first-order valence-electron chi connectivity index (χ1n) is 7.57. The van der Waals surface area contributed by atoms with E-state index in [1.807, 2.05) is 0 Å². The predicted octanol–water partition coefficient (Wildman–Crippen LogP) is 1.59. The number of rotatable bonds is 4. The lowest BCUT2D eigenvalue weighted by Crippen LogP contribution is -2.70. The first-order chi connectivity index (χ1) is 9.09. The highest BCUT2D eigenvalue weighted by molar-refractivity contribution is 5.10. The second-order valence-electron chi connectivity index (χ2n) is 6.97. The first kappa shape index (κ1) is 13.8. The summed E-state index contributed by atoms with van der Waals surface area (Å²) in [6.45, 7) is 8.00. The van der Waals surface area contributed by atoms with E-state index in [0.29, 0.717) is 24.7 Å². The molecule has 4 atom stereocenters. The lowest BCUT2D eigenvalue weighted by Gasteiger charge is -2.60. The summed E-state index contributed by atoms with van der Waals surface area (Å²) in [5, 5.41) is 3.76. The Labute approximate surface area is 116 Å². The molecule has 0 aromatic carbocycles. The zero-order chi connectivity index (χ0) is 13.5. The van der Waals surface area contributed by atoms with E-state index in [0.717, 1.165) is 26.2 Å². The largest absolute Gasteiger partial charge is 0.378 e. The molecule has 4 unspecified atom stereocenters. The minimum absolute atomic E-state index is 0.114. The maximum Gasteiger partial charge on any atom is 0.106 e. The summed E-state index contributed by atoms with van der Waals surface area (Å²) < 4.78 is 17.2. The van der Waals surface area contributed by atoms with Crippen molar-refractivity contribution >= 4 is 0 Å². The van der Waals surface area contributed by atoms with Gasteiger partial charge in [0.15, 0.2) is 0 Å². The van der Waals surface area contributed by atoms with Gasteiger partial charge >= 0.3 is 0 Å². The zero-order valence-corrected chi connectivity index (χ0v) is 12.4. The molecule has 0 aromatic rings. The second kappa shape index (κ2) is 4.99. The molecule has 1 N–H and O–H groups in total. The van der Waals surface area contributed by atoms with Crippen LogP contribution in [-0.2, 0) is 14.2 Å². The average Bonchev–Trinajstić information content (AvgIpc) is 2.88. The third kappa shape index (κ3) is 2.23. The minimum atomic E-state index is -0.114. The summed E-state index contributed by atoms with van der Waals surface area (Å²) in [4.78, 5) is 0. The van der Waals surface area contributed by atoms with Gasteiger partial charge in [-0.1, -0.05) is 13.8 Å². The molecule has 0 aromatic heterocycles. The van der Waals surface area contributed by atoms with Gasteiger partial charge in [0.05, 0.1) is 12.7 Å². The van der Waals surface area contributed by atoms with Crippen LogP contribution in [0.1, 0.15) is 33.1 Å². The van der Waals surface area contributed by atoms with E-state index in [2.05, 4.69) is 19.2 Å². The monoisotopic (exact) mass is 269 g/mol. The molecule has 2 aliphatic heterocycles. The number of hydrogen-bond donors (Lipinski definition) is 1. The van der Waals surface area contributed by atoms with Crippen molar-refractivity contribution in [1.29, 1.82) is 0 Å². The number of fused-ring (bicyclic) bond motifs is 1. The lowest BCUT2D eigenvalue weighted by molar-refractivity contribution is -0.195. The van der Waals surface area contributed by atoms with Gasteiger partial charge < -0.3 is 19.5 Å². The summed E-state index contributed by atoms with van der Waals surface area (Å²) >= 11 is 0. The Kier molecular flexibility index (Phi) is 3.63. The van der Waals surface area contributed by atoms with Crippen LogP contribution in [0.5, 0.6) is 0 Å². The van der Waals surface area contributed by atoms with Crippen molar-refractivity contribution in [2.45, 2.75) is 50.9 Å². The molecule has 4 heteroatoms. The first-order valence-corrected chi connectivity index (χ1v) is 7.57. The van der Waals surface area contributed by atoms with Crippen LogP contribution in [0.2, 0.25) is 0 Å². The third-order valence-corrected chi connectivity index (χ3v) is 5.48. The number of nitrogens with one attached hydrogen (secondary N) is 1. The van der Waals surface area contributed by atoms with E-state index in [9.17, 15) is 0 Å². The molecule has 19 heavy (non-hydrogen) atoms. The molecule has 1 saturated carbocycles. The molecule has 3 aliphatic rings. The van der Waals surface area contributed by atoms with Crippen LogP contribution in [0.25, 0.3) is 0 Å². The Morgan fingerprint density at radius 2 is 2.16 bits per heavy atom. The van der Waals surface area contributed by atoms with Crippen molar-refractivity contribution in [2.24, 2.45) is 11.3 Å². The predicted molar refractivity (Wildman–Crippen MR) is 73.2 cm³/mol. The van der Waals surface area contributed by atoms with Gasteiger partial charge in [-0.25, -0.2) is 0 Å². The third-order valence-electron chi connectivity index (χ3n) is 5.48. The van der Waals surface area contributed by atoms with Gasteiger partial charge in [0.25, 0.3) is 0 Å². The van der Waals surface area contributed by atoms with Crippen LogP contribution >= 0.6 is 0 Å². The van der Waals surface area contributed by atoms with Crippen molar-refractivity contribution in [3.63, 3.8) is 0 Å². The fourth-order valence-corrected chi connectivity index (χ4v) is 4.19. The van der Waals surface area contributed by atoms with E-state index in [-0.39, 0.29) is 11.0 Å². The molecular formula is C15H27NO3. The van der Waals surface area contributed by atoms with Crippen LogP contribution in [0, 0.1) is 11.3 Å². The standard InChI is InChI=1S/C15H27NO3/c1-14(2)12(11-5-4-7-19-13(11)14)16-9-15(17-3)6-8-18-10-15/h11-13,16H,4-10H2,1-3H3. The summed E-state index contributed by atoms with van der Waals surface area (Å²) in [7, 11) is 1.80. The summed E-state index contributed by atoms with van der Waals surface area (Å²) in [5.41, 5.74) is 0.121. The molecule has 3 rings (SSSR count). The maximum absolute atomic E-state index is 5.95. The maximum atomic E-state index is 5.95. The van der Waals surface area contributed by atoms with Gasteiger partial charge in [0.1, 0.15) is 5.60 Å². The fraction of sp³-hybridized carbons (Fsp3) is 1.00. The summed E-state index contributed by atoms with van der Waals surface area (Å²) in [5.74, 6) is 0.681. The Bertz CT molecular complexity index is 325. The van der Waals surface area contributed by atoms with Gasteiger partial charge in [-0.15, -0.1) is 0 Å². The van der Waals surface area contributed by atoms with Crippen molar-refractivity contribution in [1.82, 2.24) is 5.32 Å². The topological polar surface area (TPSA) is 39.7 Å². The minimum Gasteiger partial charge on any atom is -0.378 e. The molecule has 0 radical (unpaired) electrons. The Morgan fingerprint density at radius 3 is 2.84 bits per heavy atom. The quantitative estimate of drug-likeness (QED) is 0.841. The highest BCUT2D eigenvalue weighted by Gasteiger charge is 2.58. The molecule has 110 valence electrons. The van der Waals surface area contributed by atoms with Crippen LogP contribution in [0.4, 0.5) is 0 Å². The lowest BCUT2D eigenvalue weighted by atomic mass is 9.55. The van der Waals surface area contributed by atoms with Gasteiger partial charge in [-0.3, -0.25) is 0 Å². The van der Waals surface area contributed by atoms with Gasteiger partial charge in [0.2, 0.25) is 0 Å². The molecule has 3 fully saturated rings. The number of methoxy groups -OCH3 is 1. The van der Waals surface area contributed by atoms with E-state index in [4.69, 9.17) is 14.2 Å². The van der Waals surface area contributed by atoms with Gasteiger partial charge in [-0.2, -0.15) is 0 Å². The second-order valence-corrected chi connectivity index (χ2v) is 6.97. The summed E-state index contributed by atoms with van der Waals surface area (Å²) in [6.07, 6.45) is 3.93. The van der Waals surface area contributed by atoms with Crippen molar-refractivity contribution in [3.8, 4) is 0 Å². The molecule has 1 aliphatic carbocycles. The Hall–Kier alpha value is -0.160. The summed E-state index contributed by atoms with van der Waals surface area (Å²) in [6, 6.07) is 0.547. The van der Waals surface area contributed by atoms with Crippen LogP contribution < -0.4 is 5.32 Å². The highest BCUT2D eigenvalue weighted by Crippen LogP contribution is 2.51. The molecule has 4 nitrogen and oxygen atoms in total. The van der Waals surface area contributed by atoms with E-state index < -0.39 is 0 Å². The van der Waals surface area contributed by atoms with Crippen molar-refractivity contribution in [3.05, 3.63) is 0 Å². The average molecular weight is 269 g/mol. The van der Waals surface area contributed by atoms with Crippen LogP contribution in [0.15, 0.2) is 0 Å². The smallest absolute Gasteiger partial charge is 0.106 e. The van der Waals surface area contributed by atoms with Gasteiger partial charge in [-0.05, 0) is 12.8 Å². The van der Waals surface area contributed by atoms with E-state index >= 15 is 0 Å². The highest BCUT2D eigenvalue weighted by atomic mass is 16.5. The van der Waals surface area contributed by atoms with Crippen molar-refractivity contribution < 1.29 is 14.2 Å². The number of ether oxygens (including phenoxy) is 3. The normalized spacial score (nSPS) is 44.7. The van der Waals surface area contributed by atoms with Crippen molar-refractivity contribution in [2.75, 3.05) is 33.5 Å². The SMILES string of the molecule is COC1(CNC2C3CCCOC3C2(C)C)CCOC1. The van der Waals surface area contributed by atoms with Crippen LogP contribution in [0.3, 0.4) is 0 Å². The molecule has 0 amide bonds. The van der Waals surface area contributed by atoms with E-state index in [1.54, 1.807) is 7.11 Å². The number of hydrogen-bond acceptors (Lipinski definition) is 4. The molecular weight excluding hydrogens is 242 g/mol. The molecule has 0 spiro atoms. The molecule has 2 heterocycles. The fourth-order valence-electron chi connectivity index (χ4n) is 4.19.